The maximum absolute atomic E-state index is 13.0. The van der Waals surface area contributed by atoms with E-state index in [0.717, 1.165) is 19.3 Å². The Morgan fingerprint density at radius 2 is 2.06 bits per heavy atom. The summed E-state index contributed by atoms with van der Waals surface area (Å²) < 4.78 is 15.0. The summed E-state index contributed by atoms with van der Waals surface area (Å²) in [4.78, 5) is 29.7. The molecule has 1 amide bonds. The highest BCUT2D eigenvalue weighted by molar-refractivity contribution is 5.88. The number of aliphatic hydroxyl groups is 1. The zero-order valence-corrected chi connectivity index (χ0v) is 21.7. The molecule has 2 fully saturated rings. The van der Waals surface area contributed by atoms with E-state index in [9.17, 15) is 14.7 Å². The standard InChI is InChI=1S/C25H39N5O5/c1-7-17-13-29(19(16(2)31)14-28(17)24(33)35-25(3,4)5)18-12-21(32)27(6)20-15-30(26-23(18)20)22-10-8-9-11-34-22/h12,15-17,19,22,31H,7-11,13-14H2,1-6H3/t16-,17-,19-,22?/m1/s1. The summed E-state index contributed by atoms with van der Waals surface area (Å²) >= 11 is 0. The van der Waals surface area contributed by atoms with Crippen LogP contribution in [0.2, 0.25) is 0 Å². The first-order valence-electron chi connectivity index (χ1n) is 12.6. The molecule has 0 saturated carbocycles. The van der Waals surface area contributed by atoms with Crippen LogP contribution in [0.3, 0.4) is 0 Å². The van der Waals surface area contributed by atoms with Crippen molar-refractivity contribution in [1.29, 1.82) is 0 Å². The van der Waals surface area contributed by atoms with Gasteiger partial charge in [-0.1, -0.05) is 6.92 Å². The third-order valence-electron chi connectivity index (χ3n) is 6.96. The summed E-state index contributed by atoms with van der Waals surface area (Å²) in [6, 6.07) is 1.03. The van der Waals surface area contributed by atoms with Gasteiger partial charge < -0.3 is 28.9 Å². The van der Waals surface area contributed by atoms with Crippen LogP contribution in [0, 0.1) is 0 Å². The smallest absolute Gasteiger partial charge is 0.410 e. The van der Waals surface area contributed by atoms with Crippen molar-refractivity contribution in [2.75, 3.05) is 24.6 Å². The average Bonchev–Trinajstić information content (AvgIpc) is 3.26. The van der Waals surface area contributed by atoms with Crippen LogP contribution in [0.5, 0.6) is 0 Å². The molecule has 2 aliphatic heterocycles. The molecule has 4 rings (SSSR count). The molecule has 0 bridgehead atoms. The molecule has 0 radical (unpaired) electrons. The first-order chi connectivity index (χ1) is 16.5. The molecule has 194 valence electrons. The van der Waals surface area contributed by atoms with Crippen LogP contribution in [-0.2, 0) is 16.5 Å². The fraction of sp³-hybridized carbons (Fsp3) is 0.720. The van der Waals surface area contributed by atoms with E-state index in [4.69, 9.17) is 14.6 Å². The molecule has 2 aromatic heterocycles. The Bertz CT molecular complexity index is 1110. The fourth-order valence-corrected chi connectivity index (χ4v) is 5.00. The number of ether oxygens (including phenoxy) is 2. The number of anilines is 1. The van der Waals surface area contributed by atoms with Crippen molar-refractivity contribution in [3.05, 3.63) is 22.6 Å². The number of aryl methyl sites for hydroxylation is 1. The first-order valence-corrected chi connectivity index (χ1v) is 12.6. The summed E-state index contributed by atoms with van der Waals surface area (Å²) in [5.41, 5.74) is 1.31. The summed E-state index contributed by atoms with van der Waals surface area (Å²) in [7, 11) is 1.74. The second kappa shape index (κ2) is 9.81. The lowest BCUT2D eigenvalue weighted by molar-refractivity contribution is -0.0391. The first kappa shape index (κ1) is 25.5. The molecule has 2 saturated heterocycles. The third-order valence-corrected chi connectivity index (χ3v) is 6.96. The van der Waals surface area contributed by atoms with Gasteiger partial charge in [-0.05, 0) is 53.4 Å². The van der Waals surface area contributed by atoms with Crippen molar-refractivity contribution in [3.63, 3.8) is 0 Å². The molecular weight excluding hydrogens is 450 g/mol. The number of rotatable bonds is 4. The van der Waals surface area contributed by atoms with E-state index in [1.165, 1.54) is 0 Å². The number of amides is 1. The Balaban J connectivity index is 1.74. The van der Waals surface area contributed by atoms with Gasteiger partial charge in [-0.3, -0.25) is 4.79 Å². The lowest BCUT2D eigenvalue weighted by atomic mass is 10.00. The molecule has 35 heavy (non-hydrogen) atoms. The number of nitrogens with zero attached hydrogens (tertiary/aromatic N) is 5. The number of pyridine rings is 1. The highest BCUT2D eigenvalue weighted by atomic mass is 16.6. The number of fused-ring (bicyclic) bond motifs is 1. The van der Waals surface area contributed by atoms with E-state index in [-0.39, 0.29) is 30.5 Å². The van der Waals surface area contributed by atoms with E-state index >= 15 is 0 Å². The molecule has 10 heteroatoms. The predicted octanol–water partition coefficient (Wildman–Crippen LogP) is 3.02. The number of carbonyl (C=O) groups excluding carboxylic acids is 1. The summed E-state index contributed by atoms with van der Waals surface area (Å²) in [6.07, 6.45) is 4.28. The van der Waals surface area contributed by atoms with Crippen LogP contribution in [0.1, 0.15) is 66.5 Å². The van der Waals surface area contributed by atoms with Gasteiger partial charge in [0, 0.05) is 32.8 Å². The minimum absolute atomic E-state index is 0.136. The van der Waals surface area contributed by atoms with Crippen LogP contribution in [0.25, 0.3) is 11.0 Å². The number of carbonyl (C=O) groups is 1. The number of hydrogen-bond donors (Lipinski definition) is 1. The van der Waals surface area contributed by atoms with E-state index in [0.29, 0.717) is 36.3 Å². The topological polar surface area (TPSA) is 102 Å². The molecule has 2 aliphatic rings. The SMILES string of the molecule is CC[C@@H]1CN(c2cc(=O)n(C)c3cn(C4CCCCO4)nc23)[C@@H]([C@@H](C)O)CN1C(=O)OC(C)(C)C. The summed E-state index contributed by atoms with van der Waals surface area (Å²) in [6.45, 7) is 10.7. The largest absolute Gasteiger partial charge is 0.444 e. The monoisotopic (exact) mass is 489 g/mol. The van der Waals surface area contributed by atoms with Gasteiger partial charge in [-0.15, -0.1) is 0 Å². The van der Waals surface area contributed by atoms with Crippen LogP contribution < -0.4 is 10.5 Å². The van der Waals surface area contributed by atoms with Gasteiger partial charge in [0.1, 0.15) is 17.3 Å². The molecule has 4 heterocycles. The molecule has 2 aromatic rings. The third kappa shape index (κ3) is 5.18. The zero-order chi connectivity index (χ0) is 25.5. The molecule has 0 aliphatic carbocycles. The number of aliphatic hydroxyl groups excluding tert-OH is 1. The van der Waals surface area contributed by atoms with E-state index in [1.807, 2.05) is 43.5 Å². The Morgan fingerprint density at radius 1 is 1.31 bits per heavy atom. The minimum atomic E-state index is -0.749. The van der Waals surface area contributed by atoms with Gasteiger partial charge in [-0.2, -0.15) is 5.10 Å². The van der Waals surface area contributed by atoms with Gasteiger partial charge in [0.2, 0.25) is 0 Å². The van der Waals surface area contributed by atoms with Crippen molar-refractivity contribution in [2.24, 2.45) is 7.05 Å². The second-order valence-corrected chi connectivity index (χ2v) is 10.7. The van der Waals surface area contributed by atoms with Crippen LogP contribution >= 0.6 is 0 Å². The number of hydrogen-bond acceptors (Lipinski definition) is 7. The quantitative estimate of drug-likeness (QED) is 0.704. The molecule has 0 spiro atoms. The molecular formula is C25H39N5O5. The minimum Gasteiger partial charge on any atom is -0.444 e. The van der Waals surface area contributed by atoms with Crippen molar-refractivity contribution in [3.8, 4) is 0 Å². The van der Waals surface area contributed by atoms with Gasteiger partial charge in [0.05, 0.1) is 35.6 Å². The predicted molar refractivity (Wildman–Crippen MR) is 134 cm³/mol. The van der Waals surface area contributed by atoms with Crippen molar-refractivity contribution < 1.29 is 19.4 Å². The average molecular weight is 490 g/mol. The van der Waals surface area contributed by atoms with Gasteiger partial charge in [0.25, 0.3) is 5.56 Å². The number of piperazine rings is 1. The maximum atomic E-state index is 13.0. The van der Waals surface area contributed by atoms with Crippen molar-refractivity contribution in [2.45, 2.75) is 90.3 Å². The Kier molecular flexibility index (Phi) is 7.15. The lowest BCUT2D eigenvalue weighted by Crippen LogP contribution is -2.63. The van der Waals surface area contributed by atoms with E-state index in [1.54, 1.807) is 29.5 Å². The van der Waals surface area contributed by atoms with Gasteiger partial charge >= 0.3 is 6.09 Å². The molecule has 1 unspecified atom stereocenters. The Hall–Kier alpha value is -2.59. The summed E-state index contributed by atoms with van der Waals surface area (Å²) in [5, 5.41) is 15.6. The van der Waals surface area contributed by atoms with Crippen molar-refractivity contribution in [1.82, 2.24) is 19.2 Å². The maximum Gasteiger partial charge on any atom is 0.410 e. The van der Waals surface area contributed by atoms with E-state index < -0.39 is 17.7 Å². The van der Waals surface area contributed by atoms with Crippen molar-refractivity contribution >= 4 is 22.8 Å². The highest BCUT2D eigenvalue weighted by Gasteiger charge is 2.40. The fourth-order valence-electron chi connectivity index (χ4n) is 5.00. The van der Waals surface area contributed by atoms with Crippen LogP contribution in [-0.4, -0.2) is 73.9 Å². The molecule has 10 nitrogen and oxygen atoms in total. The van der Waals surface area contributed by atoms with Crippen LogP contribution in [0.4, 0.5) is 10.5 Å². The molecule has 0 aromatic carbocycles. The van der Waals surface area contributed by atoms with E-state index in [2.05, 4.69) is 0 Å². The second-order valence-electron chi connectivity index (χ2n) is 10.7. The Morgan fingerprint density at radius 3 is 2.66 bits per heavy atom. The Labute approximate surface area is 206 Å². The van der Waals surface area contributed by atoms with Gasteiger partial charge in [-0.25, -0.2) is 9.48 Å². The summed E-state index contributed by atoms with van der Waals surface area (Å²) in [5.74, 6) is 0. The lowest BCUT2D eigenvalue weighted by Gasteiger charge is -2.48. The number of aromatic nitrogens is 3. The van der Waals surface area contributed by atoms with Crippen LogP contribution in [0.15, 0.2) is 17.1 Å². The zero-order valence-electron chi connectivity index (χ0n) is 21.7. The highest BCUT2D eigenvalue weighted by Crippen LogP contribution is 2.33. The molecule has 1 N–H and O–H groups in total. The normalized spacial score (nSPS) is 24.6. The molecule has 4 atom stereocenters. The van der Waals surface area contributed by atoms with Gasteiger partial charge in [0.15, 0.2) is 0 Å².